The van der Waals surface area contributed by atoms with E-state index in [1.165, 1.54) is 24.3 Å². The zero-order chi connectivity index (χ0) is 17.8. The second kappa shape index (κ2) is 7.71. The fourth-order valence-corrected chi connectivity index (χ4v) is 3.46. The number of piperidine rings is 1. The highest BCUT2D eigenvalue weighted by Gasteiger charge is 2.22. The van der Waals surface area contributed by atoms with Gasteiger partial charge >= 0.3 is 0 Å². The molecule has 2 amide bonds. The van der Waals surface area contributed by atoms with E-state index in [-0.39, 0.29) is 17.7 Å². The van der Waals surface area contributed by atoms with E-state index in [1.807, 2.05) is 0 Å². The first-order chi connectivity index (χ1) is 12.0. The summed E-state index contributed by atoms with van der Waals surface area (Å²) < 4.78 is 14.3. The van der Waals surface area contributed by atoms with Gasteiger partial charge in [-0.2, -0.15) is 0 Å². The molecule has 0 saturated carbocycles. The fourth-order valence-electron chi connectivity index (χ4n) is 2.74. The third-order valence-electron chi connectivity index (χ3n) is 3.97. The number of nitrogens with one attached hydrogen (secondary N) is 3. The van der Waals surface area contributed by atoms with Crippen molar-refractivity contribution in [2.24, 2.45) is 5.92 Å². The first-order valence-electron chi connectivity index (χ1n) is 8.07. The molecule has 0 spiro atoms. The summed E-state index contributed by atoms with van der Waals surface area (Å²) in [5.41, 5.74) is 1.17. The van der Waals surface area contributed by atoms with E-state index < -0.39 is 5.82 Å². The number of hydrogen-bond donors (Lipinski definition) is 3. The molecule has 1 aliphatic rings. The largest absolute Gasteiger partial charge is 0.326 e. The van der Waals surface area contributed by atoms with Gasteiger partial charge in [0.05, 0.1) is 11.6 Å². The molecule has 1 aromatic heterocycles. The predicted molar refractivity (Wildman–Crippen MR) is 96.0 cm³/mol. The molecule has 0 bridgehead atoms. The van der Waals surface area contributed by atoms with E-state index >= 15 is 0 Å². The van der Waals surface area contributed by atoms with Gasteiger partial charge < -0.3 is 16.0 Å². The van der Waals surface area contributed by atoms with E-state index in [2.05, 4.69) is 20.9 Å². The van der Waals surface area contributed by atoms with Crippen LogP contribution in [-0.4, -0.2) is 29.9 Å². The van der Waals surface area contributed by atoms with Gasteiger partial charge in [-0.15, -0.1) is 11.3 Å². The van der Waals surface area contributed by atoms with Gasteiger partial charge in [-0.25, -0.2) is 9.37 Å². The molecular weight excluding hydrogens is 343 g/mol. The number of nitrogens with zero attached hydrogens (tertiary/aromatic N) is 1. The predicted octanol–water partition coefficient (Wildman–Crippen LogP) is 2.85. The topological polar surface area (TPSA) is 83.1 Å². The molecule has 6 nitrogen and oxygen atoms in total. The highest BCUT2D eigenvalue weighted by Crippen LogP contribution is 2.29. The molecule has 1 saturated heterocycles. The fraction of sp³-hybridized carbons (Fsp3) is 0.353. The second-order valence-electron chi connectivity index (χ2n) is 5.95. The lowest BCUT2D eigenvalue weighted by atomic mass is 9.99. The van der Waals surface area contributed by atoms with Gasteiger partial charge in [-0.05, 0) is 37.6 Å². The standard InChI is InChI=1S/C17H19FN4O2S/c1-10(23)20-12-4-5-13(14(18)7-12)15-9-25-17(21-15)22-16(24)11-3-2-6-19-8-11/h4-5,7,9,11,19H,2-3,6,8H2,1H3,(H,20,23)(H,21,22,24). The minimum Gasteiger partial charge on any atom is -0.326 e. The van der Waals surface area contributed by atoms with E-state index in [9.17, 15) is 14.0 Å². The van der Waals surface area contributed by atoms with Crippen molar-refractivity contribution in [3.8, 4) is 11.3 Å². The Hall–Kier alpha value is -2.32. The van der Waals surface area contributed by atoms with Crippen molar-refractivity contribution in [3.63, 3.8) is 0 Å². The van der Waals surface area contributed by atoms with Crippen LogP contribution in [-0.2, 0) is 9.59 Å². The number of halogens is 1. The first kappa shape index (κ1) is 17.5. The number of amides is 2. The molecule has 0 aliphatic carbocycles. The number of hydrogen-bond acceptors (Lipinski definition) is 5. The summed E-state index contributed by atoms with van der Waals surface area (Å²) in [6, 6.07) is 4.43. The molecule has 1 aromatic carbocycles. The van der Waals surface area contributed by atoms with Gasteiger partial charge in [0.1, 0.15) is 5.82 Å². The average Bonchev–Trinajstić information content (AvgIpc) is 3.03. The SMILES string of the molecule is CC(=O)Nc1ccc(-c2csc(NC(=O)C3CCCNC3)n2)c(F)c1. The number of aromatic nitrogens is 1. The zero-order valence-electron chi connectivity index (χ0n) is 13.8. The van der Waals surface area contributed by atoms with Gasteiger partial charge in [0, 0.05) is 30.1 Å². The van der Waals surface area contributed by atoms with Gasteiger partial charge in [0.25, 0.3) is 0 Å². The lowest BCUT2D eigenvalue weighted by Gasteiger charge is -2.21. The Morgan fingerprint density at radius 2 is 2.20 bits per heavy atom. The van der Waals surface area contributed by atoms with Crippen LogP contribution < -0.4 is 16.0 Å². The van der Waals surface area contributed by atoms with Crippen molar-refractivity contribution >= 4 is 34.0 Å². The van der Waals surface area contributed by atoms with Crippen LogP contribution in [0.15, 0.2) is 23.6 Å². The third kappa shape index (κ3) is 4.40. The van der Waals surface area contributed by atoms with Crippen LogP contribution in [0, 0.1) is 11.7 Å². The molecule has 3 rings (SSSR count). The zero-order valence-corrected chi connectivity index (χ0v) is 14.6. The van der Waals surface area contributed by atoms with Crippen molar-refractivity contribution < 1.29 is 14.0 Å². The highest BCUT2D eigenvalue weighted by molar-refractivity contribution is 7.14. The molecule has 1 unspecified atom stereocenters. The Labute approximate surface area is 148 Å². The summed E-state index contributed by atoms with van der Waals surface area (Å²) in [5, 5.41) is 10.7. The number of rotatable bonds is 4. The average molecular weight is 362 g/mol. The normalized spacial score (nSPS) is 17.1. The van der Waals surface area contributed by atoms with Gasteiger partial charge in [-0.3, -0.25) is 9.59 Å². The Morgan fingerprint density at radius 3 is 2.88 bits per heavy atom. The summed E-state index contributed by atoms with van der Waals surface area (Å²) in [7, 11) is 0. The molecule has 2 aromatic rings. The van der Waals surface area contributed by atoms with Crippen LogP contribution >= 0.6 is 11.3 Å². The number of carbonyl (C=O) groups is 2. The van der Waals surface area contributed by atoms with Gasteiger partial charge in [-0.1, -0.05) is 0 Å². The van der Waals surface area contributed by atoms with Crippen molar-refractivity contribution in [2.45, 2.75) is 19.8 Å². The molecular formula is C17H19FN4O2S. The van der Waals surface area contributed by atoms with E-state index in [0.29, 0.717) is 28.6 Å². The van der Waals surface area contributed by atoms with E-state index in [4.69, 9.17) is 0 Å². The Bertz CT molecular complexity index is 787. The minimum atomic E-state index is -0.481. The number of thiazole rings is 1. The van der Waals surface area contributed by atoms with Crippen LogP contribution in [0.4, 0.5) is 15.2 Å². The molecule has 1 atom stereocenters. The van der Waals surface area contributed by atoms with Crippen molar-refractivity contribution in [2.75, 3.05) is 23.7 Å². The van der Waals surface area contributed by atoms with Crippen LogP contribution in [0.25, 0.3) is 11.3 Å². The summed E-state index contributed by atoms with van der Waals surface area (Å²) >= 11 is 1.26. The van der Waals surface area contributed by atoms with Crippen molar-refractivity contribution in [3.05, 3.63) is 29.4 Å². The summed E-state index contributed by atoms with van der Waals surface area (Å²) in [4.78, 5) is 27.6. The lowest BCUT2D eigenvalue weighted by Crippen LogP contribution is -2.37. The monoisotopic (exact) mass is 362 g/mol. The molecule has 0 radical (unpaired) electrons. The minimum absolute atomic E-state index is 0.0604. The van der Waals surface area contributed by atoms with Crippen molar-refractivity contribution in [1.29, 1.82) is 0 Å². The molecule has 2 heterocycles. The number of benzene rings is 1. The lowest BCUT2D eigenvalue weighted by molar-refractivity contribution is -0.120. The maximum absolute atomic E-state index is 14.3. The number of anilines is 2. The Kier molecular flexibility index (Phi) is 5.40. The third-order valence-corrected chi connectivity index (χ3v) is 4.73. The molecule has 1 fully saturated rings. The number of carbonyl (C=O) groups excluding carboxylic acids is 2. The maximum atomic E-state index is 14.3. The quantitative estimate of drug-likeness (QED) is 0.781. The summed E-state index contributed by atoms with van der Waals surface area (Å²) in [6.45, 7) is 2.98. The first-order valence-corrected chi connectivity index (χ1v) is 8.95. The van der Waals surface area contributed by atoms with Crippen LogP contribution in [0.3, 0.4) is 0 Å². The van der Waals surface area contributed by atoms with E-state index in [0.717, 1.165) is 19.4 Å². The second-order valence-corrected chi connectivity index (χ2v) is 6.80. The molecule has 1 aliphatic heterocycles. The summed E-state index contributed by atoms with van der Waals surface area (Å²) in [6.07, 6.45) is 1.84. The maximum Gasteiger partial charge on any atom is 0.230 e. The van der Waals surface area contributed by atoms with Crippen molar-refractivity contribution in [1.82, 2.24) is 10.3 Å². The Balaban J connectivity index is 1.70. The molecule has 3 N–H and O–H groups in total. The van der Waals surface area contributed by atoms with Crippen LogP contribution in [0.1, 0.15) is 19.8 Å². The molecule has 8 heteroatoms. The summed E-state index contributed by atoms with van der Waals surface area (Å²) in [5.74, 6) is -0.863. The molecule has 25 heavy (non-hydrogen) atoms. The molecule has 132 valence electrons. The highest BCUT2D eigenvalue weighted by atomic mass is 32.1. The smallest absolute Gasteiger partial charge is 0.230 e. The van der Waals surface area contributed by atoms with Gasteiger partial charge in [0.2, 0.25) is 11.8 Å². The van der Waals surface area contributed by atoms with Crippen LogP contribution in [0.2, 0.25) is 0 Å². The Morgan fingerprint density at radius 1 is 1.36 bits per heavy atom. The van der Waals surface area contributed by atoms with E-state index in [1.54, 1.807) is 17.5 Å². The van der Waals surface area contributed by atoms with Crippen LogP contribution in [0.5, 0.6) is 0 Å². The van der Waals surface area contributed by atoms with Gasteiger partial charge in [0.15, 0.2) is 5.13 Å².